The summed E-state index contributed by atoms with van der Waals surface area (Å²) in [6, 6.07) is 8.00. The van der Waals surface area contributed by atoms with Crippen LogP contribution < -0.4 is 16.0 Å². The minimum absolute atomic E-state index is 0.224. The van der Waals surface area contributed by atoms with Gasteiger partial charge in [-0.05, 0) is 25.5 Å². The maximum absolute atomic E-state index is 5.77. The number of nitrogens with two attached hydrogens (primary N) is 1. The SMILES string of the molecule is CCN(CC)c1nc(N)nc(NCc2ccccc2Br)n1. The Morgan fingerprint density at radius 3 is 2.52 bits per heavy atom. The Hall–Kier alpha value is -1.89. The molecule has 1 aromatic heterocycles. The Kier molecular flexibility index (Phi) is 5.32. The van der Waals surface area contributed by atoms with Crippen molar-refractivity contribution in [1.29, 1.82) is 0 Å². The van der Waals surface area contributed by atoms with Crippen LogP contribution in [0.15, 0.2) is 28.7 Å². The van der Waals surface area contributed by atoms with E-state index in [-0.39, 0.29) is 5.95 Å². The smallest absolute Gasteiger partial charge is 0.231 e. The summed E-state index contributed by atoms with van der Waals surface area (Å²) in [7, 11) is 0. The molecule has 0 atom stereocenters. The molecule has 7 heteroatoms. The van der Waals surface area contributed by atoms with Gasteiger partial charge in [0, 0.05) is 24.1 Å². The van der Waals surface area contributed by atoms with Crippen molar-refractivity contribution < 1.29 is 0 Å². The molecule has 0 spiro atoms. The molecule has 2 rings (SSSR count). The van der Waals surface area contributed by atoms with Gasteiger partial charge >= 0.3 is 0 Å². The molecule has 0 fully saturated rings. The van der Waals surface area contributed by atoms with E-state index in [9.17, 15) is 0 Å². The summed E-state index contributed by atoms with van der Waals surface area (Å²) in [6.45, 7) is 6.37. The number of rotatable bonds is 6. The Bertz CT molecular complexity index is 600. The third-order valence-electron chi connectivity index (χ3n) is 3.08. The molecule has 1 heterocycles. The fourth-order valence-electron chi connectivity index (χ4n) is 1.92. The Labute approximate surface area is 132 Å². The Balaban J connectivity index is 2.15. The van der Waals surface area contributed by atoms with Crippen molar-refractivity contribution in [3.05, 3.63) is 34.3 Å². The maximum Gasteiger partial charge on any atom is 0.231 e. The van der Waals surface area contributed by atoms with Gasteiger partial charge in [0.05, 0.1) is 0 Å². The van der Waals surface area contributed by atoms with E-state index in [2.05, 4.69) is 50.0 Å². The molecule has 21 heavy (non-hydrogen) atoms. The molecule has 0 aliphatic heterocycles. The molecule has 3 N–H and O–H groups in total. The van der Waals surface area contributed by atoms with Crippen LogP contribution >= 0.6 is 15.9 Å². The highest BCUT2D eigenvalue weighted by Gasteiger charge is 2.09. The number of halogens is 1. The van der Waals surface area contributed by atoms with Crippen LogP contribution in [0.25, 0.3) is 0 Å². The molecule has 0 saturated carbocycles. The monoisotopic (exact) mass is 350 g/mol. The highest BCUT2D eigenvalue weighted by atomic mass is 79.9. The predicted molar refractivity (Wildman–Crippen MR) is 89.3 cm³/mol. The molecule has 0 amide bonds. The van der Waals surface area contributed by atoms with Crippen molar-refractivity contribution in [1.82, 2.24) is 15.0 Å². The standard InChI is InChI=1S/C14H19BrN6/c1-3-21(4-2)14-19-12(16)18-13(20-14)17-9-10-7-5-6-8-11(10)15/h5-8H,3-4,9H2,1-2H3,(H3,16,17,18,19,20). The minimum atomic E-state index is 0.224. The van der Waals surface area contributed by atoms with Crippen molar-refractivity contribution in [2.45, 2.75) is 20.4 Å². The molecule has 1 aromatic carbocycles. The third-order valence-corrected chi connectivity index (χ3v) is 3.86. The van der Waals surface area contributed by atoms with Crippen LogP contribution in [-0.4, -0.2) is 28.0 Å². The highest BCUT2D eigenvalue weighted by Crippen LogP contribution is 2.17. The van der Waals surface area contributed by atoms with Crippen molar-refractivity contribution in [2.24, 2.45) is 0 Å². The molecule has 0 aliphatic rings. The average molecular weight is 351 g/mol. The van der Waals surface area contributed by atoms with Crippen LogP contribution in [0.1, 0.15) is 19.4 Å². The van der Waals surface area contributed by atoms with Crippen LogP contribution in [-0.2, 0) is 6.54 Å². The van der Waals surface area contributed by atoms with E-state index < -0.39 is 0 Å². The summed E-state index contributed by atoms with van der Waals surface area (Å²) in [5, 5.41) is 3.19. The number of hydrogen-bond acceptors (Lipinski definition) is 6. The molecular formula is C14H19BrN6. The van der Waals surface area contributed by atoms with Crippen molar-refractivity contribution >= 4 is 33.8 Å². The lowest BCUT2D eigenvalue weighted by Crippen LogP contribution is -2.25. The van der Waals surface area contributed by atoms with Crippen LogP contribution in [0.2, 0.25) is 0 Å². The first-order valence-electron chi connectivity index (χ1n) is 6.87. The minimum Gasteiger partial charge on any atom is -0.368 e. The van der Waals surface area contributed by atoms with E-state index in [1.807, 2.05) is 29.2 Å². The zero-order valence-electron chi connectivity index (χ0n) is 12.2. The van der Waals surface area contributed by atoms with E-state index in [4.69, 9.17) is 5.73 Å². The van der Waals surface area contributed by atoms with Gasteiger partial charge in [-0.2, -0.15) is 15.0 Å². The summed E-state index contributed by atoms with van der Waals surface area (Å²) >= 11 is 3.52. The molecule has 0 unspecified atom stereocenters. The van der Waals surface area contributed by atoms with Crippen LogP contribution in [0.5, 0.6) is 0 Å². The lowest BCUT2D eigenvalue weighted by Gasteiger charge is -2.19. The van der Waals surface area contributed by atoms with Gasteiger partial charge in [0.15, 0.2) is 0 Å². The fraction of sp³-hybridized carbons (Fsp3) is 0.357. The highest BCUT2D eigenvalue weighted by molar-refractivity contribution is 9.10. The van der Waals surface area contributed by atoms with E-state index >= 15 is 0 Å². The second-order valence-electron chi connectivity index (χ2n) is 4.43. The van der Waals surface area contributed by atoms with Crippen molar-refractivity contribution in [3.63, 3.8) is 0 Å². The first kappa shape index (κ1) is 15.5. The summed E-state index contributed by atoms with van der Waals surface area (Å²) in [6.07, 6.45) is 0. The third kappa shape index (κ3) is 4.04. The second-order valence-corrected chi connectivity index (χ2v) is 5.29. The molecule has 112 valence electrons. The summed E-state index contributed by atoms with van der Waals surface area (Å²) in [5.41, 5.74) is 6.89. The van der Waals surface area contributed by atoms with E-state index in [0.717, 1.165) is 23.1 Å². The van der Waals surface area contributed by atoms with Gasteiger partial charge in [0.2, 0.25) is 17.8 Å². The number of anilines is 3. The molecule has 6 nitrogen and oxygen atoms in total. The lowest BCUT2D eigenvalue weighted by molar-refractivity contribution is 0.814. The van der Waals surface area contributed by atoms with Crippen LogP contribution in [0.3, 0.4) is 0 Å². The number of nitrogen functional groups attached to an aromatic ring is 1. The average Bonchev–Trinajstić information content (AvgIpc) is 2.47. The summed E-state index contributed by atoms with van der Waals surface area (Å²) in [5.74, 6) is 1.31. The van der Waals surface area contributed by atoms with Crippen LogP contribution in [0, 0.1) is 0 Å². The molecule has 0 saturated heterocycles. The van der Waals surface area contributed by atoms with Crippen molar-refractivity contribution in [2.75, 3.05) is 29.0 Å². The number of nitrogens with one attached hydrogen (secondary N) is 1. The molecule has 0 aliphatic carbocycles. The van der Waals surface area contributed by atoms with Crippen molar-refractivity contribution in [3.8, 4) is 0 Å². The number of benzene rings is 1. The van der Waals surface area contributed by atoms with Gasteiger partial charge in [0.25, 0.3) is 0 Å². The summed E-state index contributed by atoms with van der Waals surface area (Å²) in [4.78, 5) is 14.8. The molecule has 2 aromatic rings. The normalized spacial score (nSPS) is 10.4. The van der Waals surface area contributed by atoms with Gasteiger partial charge in [-0.15, -0.1) is 0 Å². The van der Waals surface area contributed by atoms with Crippen LogP contribution in [0.4, 0.5) is 17.8 Å². The number of aromatic nitrogens is 3. The second kappa shape index (κ2) is 7.21. The Morgan fingerprint density at radius 1 is 1.14 bits per heavy atom. The van der Waals surface area contributed by atoms with E-state index in [1.54, 1.807) is 0 Å². The van der Waals surface area contributed by atoms with Gasteiger partial charge in [-0.25, -0.2) is 0 Å². The zero-order valence-corrected chi connectivity index (χ0v) is 13.8. The largest absolute Gasteiger partial charge is 0.368 e. The van der Waals surface area contributed by atoms with Gasteiger partial charge in [-0.3, -0.25) is 0 Å². The fourth-order valence-corrected chi connectivity index (χ4v) is 2.35. The molecular weight excluding hydrogens is 332 g/mol. The van der Waals surface area contributed by atoms with Gasteiger partial charge in [0.1, 0.15) is 0 Å². The summed E-state index contributed by atoms with van der Waals surface area (Å²) < 4.78 is 1.04. The first-order valence-corrected chi connectivity index (χ1v) is 7.67. The van der Waals surface area contributed by atoms with Gasteiger partial charge in [-0.1, -0.05) is 34.1 Å². The molecule has 0 radical (unpaired) electrons. The van der Waals surface area contributed by atoms with E-state index in [0.29, 0.717) is 18.4 Å². The molecule has 0 bridgehead atoms. The maximum atomic E-state index is 5.77. The Morgan fingerprint density at radius 2 is 1.86 bits per heavy atom. The zero-order chi connectivity index (χ0) is 15.2. The number of nitrogens with zero attached hydrogens (tertiary/aromatic N) is 4. The first-order chi connectivity index (χ1) is 10.1. The topological polar surface area (TPSA) is 80.0 Å². The predicted octanol–water partition coefficient (Wildman–Crippen LogP) is 2.67. The van der Waals surface area contributed by atoms with E-state index in [1.165, 1.54) is 0 Å². The quantitative estimate of drug-likeness (QED) is 0.833. The lowest BCUT2D eigenvalue weighted by atomic mass is 10.2. The van der Waals surface area contributed by atoms with Gasteiger partial charge < -0.3 is 16.0 Å². The number of hydrogen-bond donors (Lipinski definition) is 2.